The van der Waals surface area contributed by atoms with E-state index >= 15 is 0 Å². The van der Waals surface area contributed by atoms with Crippen LogP contribution in [-0.2, 0) is 28.8 Å². The monoisotopic (exact) mass is 840 g/mol. The molecule has 0 saturated carbocycles. The van der Waals surface area contributed by atoms with E-state index in [2.05, 4.69) is 169 Å². The number of carbonyl (C=O) groups is 1. The maximum atomic E-state index is 10.9. The van der Waals surface area contributed by atoms with E-state index in [9.17, 15) is 4.79 Å². The van der Waals surface area contributed by atoms with Crippen LogP contribution < -0.4 is 0 Å². The normalized spacial score (nSPS) is 16.3. The number of benzene rings is 7. The van der Waals surface area contributed by atoms with Gasteiger partial charge in [-0.15, -0.1) is 0 Å². The van der Waals surface area contributed by atoms with Gasteiger partial charge < -0.3 is 4.74 Å². The molecule has 3 aliphatic carbocycles. The molecular formula is C62H64O2. The molecule has 0 amide bonds. The summed E-state index contributed by atoms with van der Waals surface area (Å²) in [4.78, 5) is 10.9. The second kappa shape index (κ2) is 16.9. The summed E-state index contributed by atoms with van der Waals surface area (Å²) in [6, 6.07) is 50.0. The Bertz CT molecular complexity index is 2590. The Kier molecular flexibility index (Phi) is 11.4. The first-order chi connectivity index (χ1) is 30.5. The molecule has 3 unspecified atom stereocenters. The first-order valence-corrected chi connectivity index (χ1v) is 23.5. The molecule has 7 aromatic carbocycles. The Balaban J connectivity index is 0.000000466. The number of rotatable bonds is 7. The second-order valence-electron chi connectivity index (χ2n) is 20.6. The summed E-state index contributed by atoms with van der Waals surface area (Å²) in [6.07, 6.45) is 2.98. The zero-order chi connectivity index (χ0) is 45.2. The smallest absolute Gasteiger partial charge is 0.308 e. The lowest BCUT2D eigenvalue weighted by molar-refractivity contribution is -0.158. The van der Waals surface area contributed by atoms with Crippen LogP contribution in [0.1, 0.15) is 136 Å². The molecule has 2 heteroatoms. The minimum Gasteiger partial charge on any atom is -0.460 e. The molecule has 324 valence electrons. The molecule has 3 aliphatic rings. The largest absolute Gasteiger partial charge is 0.460 e. The Morgan fingerprint density at radius 1 is 0.438 bits per heavy atom. The highest BCUT2D eigenvalue weighted by molar-refractivity contribution is 6.03. The lowest BCUT2D eigenvalue weighted by atomic mass is 9.77. The van der Waals surface area contributed by atoms with Crippen molar-refractivity contribution in [1.29, 1.82) is 0 Å². The van der Waals surface area contributed by atoms with Gasteiger partial charge >= 0.3 is 5.97 Å². The fourth-order valence-electron chi connectivity index (χ4n) is 10.7. The lowest BCUT2D eigenvalue weighted by Gasteiger charge is -2.25. The van der Waals surface area contributed by atoms with E-state index in [1.807, 2.05) is 34.6 Å². The third-order valence-electron chi connectivity index (χ3n) is 13.8. The second-order valence-corrected chi connectivity index (χ2v) is 20.6. The summed E-state index contributed by atoms with van der Waals surface area (Å²) in [5.74, 6) is 0.657. The molecule has 0 aliphatic heterocycles. The van der Waals surface area contributed by atoms with Crippen LogP contribution in [0.15, 0.2) is 127 Å². The van der Waals surface area contributed by atoms with Crippen molar-refractivity contribution in [2.75, 3.05) is 0 Å². The van der Waals surface area contributed by atoms with Gasteiger partial charge in [0.25, 0.3) is 0 Å². The van der Waals surface area contributed by atoms with Gasteiger partial charge in [-0.25, -0.2) is 0 Å². The molecule has 0 bridgehead atoms. The van der Waals surface area contributed by atoms with Crippen LogP contribution in [0.3, 0.4) is 0 Å². The van der Waals surface area contributed by atoms with E-state index in [1.54, 1.807) is 16.7 Å². The van der Waals surface area contributed by atoms with E-state index in [0.717, 1.165) is 19.3 Å². The standard InChI is InChI=1S/C54H48.C8H16O2/c1-31-7-16-37(17-8-31)28-46-43-25-34(4)13-22-40(43)49-52(46)50-41-23-14-35(5)26-44(41)47(29-38-18-9-32(2)10-19-38)54(50)51-42-24-15-36(6)27-45(42)48(53(49)51)30-39-20-11-33(3)12-21-39;1-6(2)7(9)10-8(3,4)5/h7-27,46-48H,28-30H2,1-6H3;6H,1-5H3. The number of esters is 1. The van der Waals surface area contributed by atoms with Gasteiger partial charge in [-0.1, -0.05) is 175 Å². The van der Waals surface area contributed by atoms with Crippen LogP contribution >= 0.6 is 0 Å². The number of hydrogen-bond acceptors (Lipinski definition) is 2. The van der Waals surface area contributed by atoms with Gasteiger partial charge in [0.05, 0.1) is 5.92 Å². The summed E-state index contributed by atoms with van der Waals surface area (Å²) in [5, 5.41) is 0. The molecule has 0 spiro atoms. The van der Waals surface area contributed by atoms with Crippen molar-refractivity contribution in [3.63, 3.8) is 0 Å². The summed E-state index contributed by atoms with van der Waals surface area (Å²) in [7, 11) is 0. The van der Waals surface area contributed by atoms with Crippen molar-refractivity contribution in [2.45, 2.75) is 119 Å². The number of aryl methyl sites for hydroxylation is 6. The van der Waals surface area contributed by atoms with Crippen LogP contribution in [0.4, 0.5) is 0 Å². The number of ether oxygens (including phenoxy) is 1. The predicted molar refractivity (Wildman–Crippen MR) is 268 cm³/mol. The van der Waals surface area contributed by atoms with Crippen molar-refractivity contribution in [1.82, 2.24) is 0 Å². The zero-order valence-corrected chi connectivity index (χ0v) is 39.9. The lowest BCUT2D eigenvalue weighted by Crippen LogP contribution is -2.26. The topological polar surface area (TPSA) is 26.3 Å². The molecule has 2 nitrogen and oxygen atoms in total. The highest BCUT2D eigenvalue weighted by Gasteiger charge is 2.46. The SMILES string of the molecule is CC(C)C(=O)OC(C)(C)C.Cc1ccc(CC2c3cc(C)ccc3-c3c2c2c(c4c3C(Cc3ccc(C)cc3)c3cc(C)ccc3-4)C(Cc3ccc(C)cc3)c3cc(C)ccc3-2)cc1. The summed E-state index contributed by atoms with van der Waals surface area (Å²) >= 11 is 0. The van der Waals surface area contributed by atoms with Crippen LogP contribution in [-0.4, -0.2) is 11.6 Å². The average Bonchev–Trinajstić information content (AvgIpc) is 3.84. The third kappa shape index (κ3) is 8.17. The van der Waals surface area contributed by atoms with E-state index < -0.39 is 0 Å². The molecule has 10 rings (SSSR count). The highest BCUT2D eigenvalue weighted by atomic mass is 16.6. The first-order valence-electron chi connectivity index (χ1n) is 23.5. The van der Waals surface area contributed by atoms with E-state index in [4.69, 9.17) is 4.74 Å². The van der Waals surface area contributed by atoms with Crippen molar-refractivity contribution in [2.24, 2.45) is 5.92 Å². The van der Waals surface area contributed by atoms with Crippen LogP contribution in [0.5, 0.6) is 0 Å². The fraction of sp³-hybridized carbons (Fsp3) is 0.306. The number of fused-ring (bicyclic) bond motifs is 12. The Morgan fingerprint density at radius 2 is 0.703 bits per heavy atom. The minimum atomic E-state index is -0.346. The molecule has 0 heterocycles. The highest BCUT2D eigenvalue weighted by Crippen LogP contribution is 2.65. The van der Waals surface area contributed by atoms with Gasteiger partial charge in [-0.05, 0) is 165 Å². The van der Waals surface area contributed by atoms with Gasteiger partial charge in [0.2, 0.25) is 0 Å². The quantitative estimate of drug-likeness (QED) is 0.149. The van der Waals surface area contributed by atoms with Gasteiger partial charge in [-0.3, -0.25) is 4.79 Å². The van der Waals surface area contributed by atoms with Crippen LogP contribution in [0.2, 0.25) is 0 Å². The van der Waals surface area contributed by atoms with Crippen LogP contribution in [0.25, 0.3) is 33.4 Å². The fourth-order valence-corrected chi connectivity index (χ4v) is 10.7. The maximum absolute atomic E-state index is 10.9. The van der Waals surface area contributed by atoms with Crippen molar-refractivity contribution in [3.8, 4) is 33.4 Å². The molecule has 0 aromatic heterocycles. The molecule has 0 radical (unpaired) electrons. The number of hydrogen-bond donors (Lipinski definition) is 0. The van der Waals surface area contributed by atoms with Gasteiger partial charge in [-0.2, -0.15) is 0 Å². The Labute approximate surface area is 382 Å². The minimum absolute atomic E-state index is 0.0285. The summed E-state index contributed by atoms with van der Waals surface area (Å²) < 4.78 is 5.06. The molecule has 0 saturated heterocycles. The first kappa shape index (κ1) is 43.3. The van der Waals surface area contributed by atoms with E-state index in [0.29, 0.717) is 0 Å². The number of carbonyl (C=O) groups excluding carboxylic acids is 1. The van der Waals surface area contributed by atoms with Crippen molar-refractivity contribution < 1.29 is 9.53 Å². The average molecular weight is 841 g/mol. The molecule has 7 aromatic rings. The molecule has 3 atom stereocenters. The Hall–Kier alpha value is -5.99. The van der Waals surface area contributed by atoms with Crippen LogP contribution in [0, 0.1) is 47.5 Å². The molecular weight excluding hydrogens is 777 g/mol. The van der Waals surface area contributed by atoms with Gasteiger partial charge in [0.1, 0.15) is 5.60 Å². The Morgan fingerprint density at radius 3 is 0.938 bits per heavy atom. The predicted octanol–water partition coefficient (Wildman–Crippen LogP) is 15.6. The van der Waals surface area contributed by atoms with Crippen molar-refractivity contribution >= 4 is 5.97 Å². The summed E-state index contributed by atoms with van der Waals surface area (Å²) in [5.41, 5.74) is 29.9. The molecule has 0 fully saturated rings. The zero-order valence-electron chi connectivity index (χ0n) is 39.9. The molecule has 64 heavy (non-hydrogen) atoms. The maximum Gasteiger partial charge on any atom is 0.308 e. The molecule has 0 N–H and O–H groups in total. The summed E-state index contributed by atoms with van der Waals surface area (Å²) in [6.45, 7) is 22.7. The van der Waals surface area contributed by atoms with E-state index in [1.165, 1.54) is 100 Å². The third-order valence-corrected chi connectivity index (χ3v) is 13.8. The van der Waals surface area contributed by atoms with Crippen molar-refractivity contribution in [3.05, 3.63) is 211 Å². The van der Waals surface area contributed by atoms with Gasteiger partial charge in [0, 0.05) is 17.8 Å². The van der Waals surface area contributed by atoms with Gasteiger partial charge in [0.15, 0.2) is 0 Å². The van der Waals surface area contributed by atoms with E-state index in [-0.39, 0.29) is 35.2 Å².